The Morgan fingerprint density at radius 3 is 2.90 bits per heavy atom. The highest BCUT2D eigenvalue weighted by atomic mass is 32.2. The Balaban J connectivity index is 1.47. The number of morpholine rings is 1. The van der Waals surface area contributed by atoms with Gasteiger partial charge in [-0.1, -0.05) is 25.1 Å². The first-order chi connectivity index (χ1) is 14.1. The highest BCUT2D eigenvalue weighted by Crippen LogP contribution is 2.22. The third-order valence-electron chi connectivity index (χ3n) is 4.70. The van der Waals surface area contributed by atoms with E-state index in [9.17, 15) is 0 Å². The normalized spacial score (nSPS) is 18.4. The molecule has 2 atom stereocenters. The summed E-state index contributed by atoms with van der Waals surface area (Å²) in [7, 11) is 1.80. The molecule has 1 fully saturated rings. The van der Waals surface area contributed by atoms with Gasteiger partial charge in [0.2, 0.25) is 0 Å². The monoisotopic (exact) mass is 413 g/mol. The van der Waals surface area contributed by atoms with Crippen LogP contribution in [-0.4, -0.2) is 55.6 Å². The first kappa shape index (κ1) is 21.5. The van der Waals surface area contributed by atoms with Crippen molar-refractivity contribution in [2.45, 2.75) is 36.6 Å². The second-order valence-electron chi connectivity index (χ2n) is 7.20. The minimum absolute atomic E-state index is 0.242. The number of aromatic nitrogens is 1. The molecule has 2 unspecified atom stereocenters. The summed E-state index contributed by atoms with van der Waals surface area (Å²) in [6.07, 6.45) is 2.12. The number of ether oxygens (including phenoxy) is 1. The number of rotatable bonds is 7. The van der Waals surface area contributed by atoms with Crippen molar-refractivity contribution in [3.8, 4) is 0 Å². The molecule has 0 spiro atoms. The number of pyridine rings is 1. The maximum Gasteiger partial charge on any atom is 0.191 e. The fraction of sp³-hybridized carbons (Fsp3) is 0.455. The molecule has 1 aromatic heterocycles. The number of anilines is 1. The second-order valence-corrected chi connectivity index (χ2v) is 8.71. The maximum absolute atomic E-state index is 5.63. The van der Waals surface area contributed by atoms with Gasteiger partial charge in [0.05, 0.1) is 12.7 Å². The number of nitrogens with zero attached hydrogens (tertiary/aromatic N) is 3. The summed E-state index contributed by atoms with van der Waals surface area (Å²) in [5, 5.41) is 7.26. The largest absolute Gasteiger partial charge is 0.375 e. The van der Waals surface area contributed by atoms with Crippen molar-refractivity contribution in [2.24, 2.45) is 4.99 Å². The predicted octanol–water partition coefficient (Wildman–Crippen LogP) is 3.15. The van der Waals surface area contributed by atoms with E-state index in [0.29, 0.717) is 11.8 Å². The number of guanidine groups is 1. The van der Waals surface area contributed by atoms with Gasteiger partial charge in [-0.25, -0.2) is 4.98 Å². The molecule has 3 rings (SSSR count). The Morgan fingerprint density at radius 1 is 1.31 bits per heavy atom. The van der Waals surface area contributed by atoms with Gasteiger partial charge in [0, 0.05) is 49.6 Å². The molecule has 7 heteroatoms. The van der Waals surface area contributed by atoms with Gasteiger partial charge in [-0.15, -0.1) is 11.8 Å². The van der Waals surface area contributed by atoms with Crippen LogP contribution in [0.15, 0.2) is 58.5 Å². The van der Waals surface area contributed by atoms with Crippen LogP contribution in [0.4, 0.5) is 5.82 Å². The standard InChI is InChI=1S/C22H31N5OS/c1-17-16-27(11-12-28-17)21-13-19(9-10-24-21)15-26-22(23-3)25-14-18(2)29-20-7-5-4-6-8-20/h4-10,13,17-18H,11-12,14-16H2,1-3H3,(H2,23,25,26). The zero-order chi connectivity index (χ0) is 20.5. The molecule has 0 radical (unpaired) electrons. The highest BCUT2D eigenvalue weighted by molar-refractivity contribution is 8.00. The molecule has 2 N–H and O–H groups in total. The van der Waals surface area contributed by atoms with Gasteiger partial charge in [0.1, 0.15) is 5.82 Å². The topological polar surface area (TPSA) is 61.8 Å². The molecular formula is C22H31N5OS. The van der Waals surface area contributed by atoms with Crippen molar-refractivity contribution in [2.75, 3.05) is 38.2 Å². The average Bonchev–Trinajstić information content (AvgIpc) is 2.75. The number of benzene rings is 1. The van der Waals surface area contributed by atoms with Crippen LogP contribution in [0.25, 0.3) is 0 Å². The van der Waals surface area contributed by atoms with E-state index < -0.39 is 0 Å². The van der Waals surface area contributed by atoms with Gasteiger partial charge in [-0.3, -0.25) is 4.99 Å². The predicted molar refractivity (Wildman–Crippen MR) is 122 cm³/mol. The summed E-state index contributed by atoms with van der Waals surface area (Å²) in [4.78, 5) is 12.5. The first-order valence-corrected chi connectivity index (χ1v) is 11.0. The van der Waals surface area contributed by atoms with Crippen LogP contribution in [-0.2, 0) is 11.3 Å². The first-order valence-electron chi connectivity index (χ1n) is 10.1. The van der Waals surface area contributed by atoms with E-state index in [1.807, 2.05) is 30.1 Å². The van der Waals surface area contributed by atoms with Crippen LogP contribution >= 0.6 is 11.8 Å². The summed E-state index contributed by atoms with van der Waals surface area (Å²) in [6, 6.07) is 14.7. The summed E-state index contributed by atoms with van der Waals surface area (Å²) in [6.45, 7) is 8.38. The Morgan fingerprint density at radius 2 is 2.14 bits per heavy atom. The minimum Gasteiger partial charge on any atom is -0.375 e. The summed E-state index contributed by atoms with van der Waals surface area (Å²) < 4.78 is 5.63. The molecule has 1 aromatic carbocycles. The zero-order valence-corrected chi connectivity index (χ0v) is 18.3. The van der Waals surface area contributed by atoms with Gasteiger partial charge in [0.15, 0.2) is 5.96 Å². The van der Waals surface area contributed by atoms with Crippen molar-refractivity contribution >= 4 is 23.5 Å². The molecular weight excluding hydrogens is 382 g/mol. The van der Waals surface area contributed by atoms with E-state index in [2.05, 4.69) is 69.7 Å². The Labute approximate surface area is 178 Å². The molecule has 6 nitrogen and oxygen atoms in total. The number of thioether (sulfide) groups is 1. The lowest BCUT2D eigenvalue weighted by atomic mass is 10.2. The summed E-state index contributed by atoms with van der Waals surface area (Å²) in [5.41, 5.74) is 1.18. The van der Waals surface area contributed by atoms with E-state index >= 15 is 0 Å². The van der Waals surface area contributed by atoms with E-state index in [4.69, 9.17) is 4.74 Å². The van der Waals surface area contributed by atoms with E-state index in [1.54, 1.807) is 7.05 Å². The van der Waals surface area contributed by atoms with Crippen LogP contribution < -0.4 is 15.5 Å². The molecule has 1 aliphatic rings. The van der Waals surface area contributed by atoms with Crippen LogP contribution in [0, 0.1) is 0 Å². The molecule has 29 heavy (non-hydrogen) atoms. The molecule has 156 valence electrons. The Kier molecular flexibility index (Phi) is 8.19. The fourth-order valence-electron chi connectivity index (χ4n) is 3.19. The van der Waals surface area contributed by atoms with E-state index in [1.165, 1.54) is 10.5 Å². The quantitative estimate of drug-likeness (QED) is 0.413. The third kappa shape index (κ3) is 6.94. The average molecular weight is 414 g/mol. The molecule has 0 bridgehead atoms. The molecule has 1 saturated heterocycles. The van der Waals surface area contributed by atoms with Crippen LogP contribution in [0.5, 0.6) is 0 Å². The maximum atomic E-state index is 5.63. The van der Waals surface area contributed by atoms with E-state index in [-0.39, 0.29) is 6.10 Å². The van der Waals surface area contributed by atoms with Crippen LogP contribution in [0.3, 0.4) is 0 Å². The Bertz CT molecular complexity index is 786. The summed E-state index contributed by atoms with van der Waals surface area (Å²) in [5.74, 6) is 1.82. The van der Waals surface area contributed by atoms with Crippen molar-refractivity contribution in [3.63, 3.8) is 0 Å². The van der Waals surface area contributed by atoms with Gasteiger partial charge in [-0.2, -0.15) is 0 Å². The number of aliphatic imine (C=N–C) groups is 1. The number of hydrogen-bond donors (Lipinski definition) is 2. The van der Waals surface area contributed by atoms with Gasteiger partial charge < -0.3 is 20.3 Å². The smallest absolute Gasteiger partial charge is 0.191 e. The molecule has 0 amide bonds. The van der Waals surface area contributed by atoms with Crippen molar-refractivity contribution in [3.05, 3.63) is 54.2 Å². The molecule has 0 aliphatic carbocycles. The lowest BCUT2D eigenvalue weighted by Crippen LogP contribution is -2.41. The highest BCUT2D eigenvalue weighted by Gasteiger charge is 2.18. The van der Waals surface area contributed by atoms with Crippen LogP contribution in [0.1, 0.15) is 19.4 Å². The van der Waals surface area contributed by atoms with Crippen molar-refractivity contribution < 1.29 is 4.74 Å². The molecule has 1 aliphatic heterocycles. The molecule has 2 aromatic rings. The third-order valence-corrected chi connectivity index (χ3v) is 5.81. The SMILES string of the molecule is CN=C(NCc1ccnc(N2CCOC(C)C2)c1)NCC(C)Sc1ccccc1. The summed E-state index contributed by atoms with van der Waals surface area (Å²) >= 11 is 1.86. The Hall–Kier alpha value is -2.25. The van der Waals surface area contributed by atoms with Gasteiger partial charge in [0.25, 0.3) is 0 Å². The minimum atomic E-state index is 0.242. The fourth-order valence-corrected chi connectivity index (χ4v) is 4.14. The lowest BCUT2D eigenvalue weighted by Gasteiger charge is -2.32. The van der Waals surface area contributed by atoms with Crippen LogP contribution in [0.2, 0.25) is 0 Å². The number of nitrogens with one attached hydrogen (secondary N) is 2. The van der Waals surface area contributed by atoms with E-state index in [0.717, 1.165) is 38.0 Å². The number of hydrogen-bond acceptors (Lipinski definition) is 5. The van der Waals surface area contributed by atoms with Gasteiger partial charge in [-0.05, 0) is 36.8 Å². The van der Waals surface area contributed by atoms with Crippen molar-refractivity contribution in [1.29, 1.82) is 0 Å². The lowest BCUT2D eigenvalue weighted by molar-refractivity contribution is 0.0529. The van der Waals surface area contributed by atoms with Gasteiger partial charge >= 0.3 is 0 Å². The zero-order valence-electron chi connectivity index (χ0n) is 17.5. The second kappa shape index (κ2) is 11.1. The molecule has 0 saturated carbocycles. The molecule has 2 heterocycles. The van der Waals surface area contributed by atoms with Crippen molar-refractivity contribution in [1.82, 2.24) is 15.6 Å².